The molecular weight excluding hydrogens is 399 g/mol. The molecule has 0 aromatic heterocycles. The molecule has 2 atom stereocenters. The van der Waals surface area contributed by atoms with Gasteiger partial charge in [0.1, 0.15) is 17.1 Å². The molecule has 9 nitrogen and oxygen atoms in total. The predicted molar refractivity (Wildman–Crippen MR) is 110 cm³/mol. The number of amides is 1. The van der Waals surface area contributed by atoms with Crippen molar-refractivity contribution in [3.63, 3.8) is 0 Å². The maximum Gasteiger partial charge on any atom is 0.465 e. The zero-order chi connectivity index (χ0) is 21.6. The van der Waals surface area contributed by atoms with Crippen LogP contribution in [0, 0.1) is 0 Å². The number of hydrogen-bond acceptors (Lipinski definition) is 8. The number of carbonyl (C=O) groups excluding carboxylic acids is 1. The first-order valence-corrected chi connectivity index (χ1v) is 10.4. The Morgan fingerprint density at radius 1 is 1.38 bits per heavy atom. The molecule has 11 heteroatoms. The molecule has 29 heavy (non-hydrogen) atoms. The standard InChI is InChI=1S/C18H27BN2O7S/c1-28-13-6-5-11(17(23)16(13)18(24)25)8-14(19(26)27)29-10-15(22)21-7-3-2-4-12(21)9-20/h5-6,12,14,23,26-27H,2-4,7-10,20H2,1H3,(H,24,25). The highest BCUT2D eigenvalue weighted by atomic mass is 32.2. The fraction of sp³-hybridized carbons (Fsp3) is 0.556. The van der Waals surface area contributed by atoms with Crippen LogP contribution >= 0.6 is 11.8 Å². The average Bonchev–Trinajstić information content (AvgIpc) is 2.70. The number of carbonyl (C=O) groups is 2. The molecule has 1 aliphatic heterocycles. The first-order valence-electron chi connectivity index (χ1n) is 9.39. The van der Waals surface area contributed by atoms with E-state index < -0.39 is 29.5 Å². The summed E-state index contributed by atoms with van der Waals surface area (Å²) in [4.78, 5) is 25.7. The van der Waals surface area contributed by atoms with E-state index in [9.17, 15) is 29.9 Å². The summed E-state index contributed by atoms with van der Waals surface area (Å²) in [6, 6.07) is 2.86. The minimum atomic E-state index is -1.76. The molecular formula is C18H27BN2O7S. The van der Waals surface area contributed by atoms with Crippen LogP contribution in [0.5, 0.6) is 11.5 Å². The van der Waals surface area contributed by atoms with Crippen LogP contribution in [0.25, 0.3) is 0 Å². The zero-order valence-corrected chi connectivity index (χ0v) is 17.1. The van der Waals surface area contributed by atoms with Gasteiger partial charge in [0, 0.05) is 24.3 Å². The number of piperidine rings is 1. The molecule has 0 bridgehead atoms. The van der Waals surface area contributed by atoms with Crippen molar-refractivity contribution < 1.29 is 34.6 Å². The summed E-state index contributed by atoms with van der Waals surface area (Å²) in [6.45, 7) is 1.02. The number of carboxylic acid groups (broad SMARTS) is 1. The zero-order valence-electron chi connectivity index (χ0n) is 16.3. The topological polar surface area (TPSA) is 154 Å². The van der Waals surface area contributed by atoms with Crippen molar-refractivity contribution in [1.82, 2.24) is 4.90 Å². The average molecular weight is 426 g/mol. The molecule has 1 heterocycles. The van der Waals surface area contributed by atoms with Gasteiger partial charge >= 0.3 is 13.1 Å². The number of nitrogens with two attached hydrogens (primary N) is 1. The molecule has 1 amide bonds. The van der Waals surface area contributed by atoms with E-state index in [-0.39, 0.29) is 35.4 Å². The Morgan fingerprint density at radius 3 is 2.69 bits per heavy atom. The Labute approximate surface area is 174 Å². The number of methoxy groups -OCH3 is 1. The lowest BCUT2D eigenvalue weighted by atomic mass is 9.81. The fourth-order valence-corrected chi connectivity index (χ4v) is 4.45. The number of nitrogens with zero attached hydrogens (tertiary/aromatic N) is 1. The third-order valence-corrected chi connectivity index (χ3v) is 6.30. The molecule has 1 saturated heterocycles. The lowest BCUT2D eigenvalue weighted by Gasteiger charge is -2.35. The van der Waals surface area contributed by atoms with E-state index in [0.29, 0.717) is 13.1 Å². The monoisotopic (exact) mass is 426 g/mol. The highest BCUT2D eigenvalue weighted by molar-refractivity contribution is 8.01. The summed E-state index contributed by atoms with van der Waals surface area (Å²) in [5, 5.41) is 38.3. The molecule has 1 fully saturated rings. The van der Waals surface area contributed by atoms with Crippen molar-refractivity contribution in [3.05, 3.63) is 23.3 Å². The van der Waals surface area contributed by atoms with E-state index in [1.54, 1.807) is 4.90 Å². The van der Waals surface area contributed by atoms with Gasteiger partial charge in [0.2, 0.25) is 5.91 Å². The number of benzene rings is 1. The van der Waals surface area contributed by atoms with Crippen LogP contribution < -0.4 is 10.5 Å². The molecule has 2 unspecified atom stereocenters. The number of ether oxygens (including phenoxy) is 1. The van der Waals surface area contributed by atoms with Crippen LogP contribution in [0.2, 0.25) is 0 Å². The molecule has 160 valence electrons. The van der Waals surface area contributed by atoms with Gasteiger partial charge in [0.25, 0.3) is 0 Å². The number of thioether (sulfide) groups is 1. The van der Waals surface area contributed by atoms with Crippen molar-refractivity contribution in [2.24, 2.45) is 5.73 Å². The molecule has 0 saturated carbocycles. The Bertz CT molecular complexity index is 734. The molecule has 1 aromatic rings. The molecule has 0 radical (unpaired) electrons. The van der Waals surface area contributed by atoms with Crippen molar-refractivity contribution >= 4 is 30.8 Å². The van der Waals surface area contributed by atoms with Gasteiger partial charge in [-0.25, -0.2) is 4.79 Å². The maximum atomic E-state index is 12.6. The van der Waals surface area contributed by atoms with E-state index in [2.05, 4.69) is 0 Å². The third-order valence-electron chi connectivity index (χ3n) is 5.05. The van der Waals surface area contributed by atoms with Crippen LogP contribution in [-0.2, 0) is 11.2 Å². The summed E-state index contributed by atoms with van der Waals surface area (Å²) in [6.07, 6.45) is 2.76. The van der Waals surface area contributed by atoms with E-state index in [0.717, 1.165) is 31.0 Å². The van der Waals surface area contributed by atoms with E-state index in [4.69, 9.17) is 10.5 Å². The molecule has 0 aliphatic carbocycles. The number of hydrogen-bond donors (Lipinski definition) is 5. The Balaban J connectivity index is 2.10. The van der Waals surface area contributed by atoms with Gasteiger partial charge in [-0.1, -0.05) is 6.07 Å². The lowest BCUT2D eigenvalue weighted by molar-refractivity contribution is -0.131. The Morgan fingerprint density at radius 2 is 2.10 bits per heavy atom. The summed E-state index contributed by atoms with van der Waals surface area (Å²) >= 11 is 1.05. The summed E-state index contributed by atoms with van der Waals surface area (Å²) in [5.41, 5.74) is 5.58. The quantitative estimate of drug-likeness (QED) is 0.346. The number of carboxylic acids is 1. The largest absolute Gasteiger partial charge is 0.507 e. The highest BCUT2D eigenvalue weighted by Crippen LogP contribution is 2.33. The minimum absolute atomic E-state index is 0.000558. The van der Waals surface area contributed by atoms with Crippen molar-refractivity contribution in [2.45, 2.75) is 36.9 Å². The van der Waals surface area contributed by atoms with Crippen molar-refractivity contribution in [1.29, 1.82) is 0 Å². The van der Waals surface area contributed by atoms with Gasteiger partial charge in [-0.2, -0.15) is 11.8 Å². The normalized spacial score (nSPS) is 17.7. The van der Waals surface area contributed by atoms with Crippen LogP contribution in [0.4, 0.5) is 0 Å². The smallest absolute Gasteiger partial charge is 0.465 e. The summed E-state index contributed by atoms with van der Waals surface area (Å²) in [5.74, 6) is -1.94. The number of likely N-dealkylation sites (tertiary alicyclic amines) is 1. The first-order chi connectivity index (χ1) is 13.8. The van der Waals surface area contributed by atoms with Gasteiger partial charge in [0.05, 0.1) is 12.9 Å². The molecule has 1 aromatic carbocycles. The lowest BCUT2D eigenvalue weighted by Crippen LogP contribution is -2.48. The van der Waals surface area contributed by atoms with E-state index in [1.807, 2.05) is 0 Å². The minimum Gasteiger partial charge on any atom is -0.507 e. The summed E-state index contributed by atoms with van der Waals surface area (Å²) in [7, 11) is -0.466. The number of aromatic carboxylic acids is 1. The summed E-state index contributed by atoms with van der Waals surface area (Å²) < 4.78 is 4.96. The fourth-order valence-electron chi connectivity index (χ4n) is 3.46. The maximum absolute atomic E-state index is 12.6. The predicted octanol–water partition coefficient (Wildman–Crippen LogP) is 0.0951. The van der Waals surface area contributed by atoms with Crippen LogP contribution in [-0.4, -0.2) is 81.3 Å². The van der Waals surface area contributed by atoms with Gasteiger partial charge in [0.15, 0.2) is 0 Å². The number of aromatic hydroxyl groups is 1. The molecule has 6 N–H and O–H groups in total. The highest BCUT2D eigenvalue weighted by Gasteiger charge is 2.31. The van der Waals surface area contributed by atoms with Crippen LogP contribution in [0.15, 0.2) is 12.1 Å². The number of phenols is 1. The third kappa shape index (κ3) is 5.78. The molecule has 0 spiro atoms. The van der Waals surface area contributed by atoms with E-state index >= 15 is 0 Å². The second-order valence-electron chi connectivity index (χ2n) is 6.90. The van der Waals surface area contributed by atoms with Crippen LogP contribution in [0.3, 0.4) is 0 Å². The van der Waals surface area contributed by atoms with E-state index in [1.165, 1.54) is 19.2 Å². The second-order valence-corrected chi connectivity index (χ2v) is 8.12. The second kappa shape index (κ2) is 10.7. The van der Waals surface area contributed by atoms with Crippen molar-refractivity contribution in [3.8, 4) is 11.5 Å². The molecule has 1 aliphatic rings. The van der Waals surface area contributed by atoms with Gasteiger partial charge in [-0.05, 0) is 37.3 Å². The number of rotatable bonds is 9. The van der Waals surface area contributed by atoms with Gasteiger partial charge in [-0.3, -0.25) is 4.79 Å². The Kier molecular flexibility index (Phi) is 8.63. The van der Waals surface area contributed by atoms with Crippen LogP contribution in [0.1, 0.15) is 35.2 Å². The first kappa shape index (κ1) is 23.3. The van der Waals surface area contributed by atoms with Gasteiger partial charge in [-0.15, -0.1) is 0 Å². The van der Waals surface area contributed by atoms with Crippen molar-refractivity contribution in [2.75, 3.05) is 26.0 Å². The Hall–Kier alpha value is -1.95. The molecule has 2 rings (SSSR count). The SMILES string of the molecule is COc1ccc(CC(SCC(=O)N2CCCCC2CN)B(O)O)c(O)c1C(=O)O. The van der Waals surface area contributed by atoms with Gasteiger partial charge < -0.3 is 35.6 Å².